The summed E-state index contributed by atoms with van der Waals surface area (Å²) >= 11 is 0. The molecule has 2 rings (SSSR count). The Morgan fingerprint density at radius 2 is 2.19 bits per heavy atom. The Hall–Kier alpha value is -2.41. The summed E-state index contributed by atoms with van der Waals surface area (Å²) in [6, 6.07) is 3.16. The van der Waals surface area contributed by atoms with Crippen molar-refractivity contribution in [1.82, 2.24) is 9.55 Å². The Labute approximate surface area is 121 Å². The highest BCUT2D eigenvalue weighted by atomic mass is 16.4. The van der Waals surface area contributed by atoms with Crippen LogP contribution in [0, 0.1) is 0 Å². The lowest BCUT2D eigenvalue weighted by Gasteiger charge is -2.15. The molecule has 0 aliphatic carbocycles. The molecule has 7 heteroatoms. The summed E-state index contributed by atoms with van der Waals surface area (Å²) < 4.78 is 1.71. The zero-order chi connectivity index (χ0) is 15.6. The molecule has 0 aliphatic heterocycles. The highest BCUT2D eigenvalue weighted by Crippen LogP contribution is 2.15. The third-order valence-electron chi connectivity index (χ3n) is 3.25. The lowest BCUT2D eigenvalue weighted by atomic mass is 10.2. The van der Waals surface area contributed by atoms with Gasteiger partial charge in [-0.1, -0.05) is 13.3 Å². The average Bonchev–Trinajstić information content (AvgIpc) is 2.45. The standard InChI is InChI=1S/C14H18N4O3/c1-3-4-7-18-8-10(14(20)21)12(19)9-5-6-11(17(2)15)16-13(9)18/h5-6,8H,3-4,7,15H2,1-2H3,(H,20,21). The second-order valence-electron chi connectivity index (χ2n) is 4.88. The maximum Gasteiger partial charge on any atom is 0.341 e. The molecule has 0 fully saturated rings. The highest BCUT2D eigenvalue weighted by molar-refractivity contribution is 5.92. The summed E-state index contributed by atoms with van der Waals surface area (Å²) in [6.45, 7) is 2.63. The molecule has 0 saturated heterocycles. The van der Waals surface area contributed by atoms with Gasteiger partial charge in [0.15, 0.2) is 0 Å². The molecule has 0 bridgehead atoms. The Morgan fingerprint density at radius 1 is 1.48 bits per heavy atom. The average molecular weight is 290 g/mol. The second-order valence-corrected chi connectivity index (χ2v) is 4.88. The van der Waals surface area contributed by atoms with Gasteiger partial charge in [0.2, 0.25) is 5.43 Å². The predicted octanol–water partition coefficient (Wildman–Crippen LogP) is 1.20. The lowest BCUT2D eigenvalue weighted by molar-refractivity contribution is 0.0695. The molecule has 0 saturated carbocycles. The molecule has 0 aliphatic rings. The highest BCUT2D eigenvalue weighted by Gasteiger charge is 2.16. The van der Waals surface area contributed by atoms with E-state index in [0.717, 1.165) is 12.8 Å². The van der Waals surface area contributed by atoms with Crippen molar-refractivity contribution in [2.24, 2.45) is 5.84 Å². The Morgan fingerprint density at radius 3 is 2.76 bits per heavy atom. The largest absolute Gasteiger partial charge is 0.477 e. The fourth-order valence-electron chi connectivity index (χ4n) is 2.10. The van der Waals surface area contributed by atoms with Crippen LogP contribution < -0.4 is 16.3 Å². The van der Waals surface area contributed by atoms with Crippen LogP contribution in [-0.2, 0) is 6.54 Å². The molecule has 2 aromatic rings. The number of carboxylic acid groups (broad SMARTS) is 1. The summed E-state index contributed by atoms with van der Waals surface area (Å²) in [5, 5.41) is 10.8. The van der Waals surface area contributed by atoms with E-state index in [1.54, 1.807) is 23.7 Å². The number of aromatic nitrogens is 2. The molecule has 0 aromatic carbocycles. The minimum absolute atomic E-state index is 0.241. The van der Waals surface area contributed by atoms with Crippen LogP contribution in [0.25, 0.3) is 11.0 Å². The first kappa shape index (κ1) is 15.0. The summed E-state index contributed by atoms with van der Waals surface area (Å²) in [4.78, 5) is 27.8. The van der Waals surface area contributed by atoms with E-state index in [0.29, 0.717) is 18.0 Å². The SMILES string of the molecule is CCCCn1cc(C(=O)O)c(=O)c2ccc(N(C)N)nc21. The molecule has 0 spiro atoms. The number of carboxylic acids is 1. The van der Waals surface area contributed by atoms with E-state index >= 15 is 0 Å². The molecule has 112 valence electrons. The van der Waals surface area contributed by atoms with Crippen molar-refractivity contribution >= 4 is 22.8 Å². The molecule has 2 aromatic heterocycles. The van der Waals surface area contributed by atoms with E-state index in [1.165, 1.54) is 11.2 Å². The van der Waals surface area contributed by atoms with Crippen LogP contribution in [0.3, 0.4) is 0 Å². The topological polar surface area (TPSA) is 101 Å². The second kappa shape index (κ2) is 5.92. The number of hydrogen-bond acceptors (Lipinski definition) is 5. The van der Waals surface area contributed by atoms with Gasteiger partial charge in [0, 0.05) is 19.8 Å². The number of anilines is 1. The molecular weight excluding hydrogens is 272 g/mol. The van der Waals surface area contributed by atoms with Crippen molar-refractivity contribution in [1.29, 1.82) is 0 Å². The summed E-state index contributed by atoms with van der Waals surface area (Å²) in [6.07, 6.45) is 3.17. The van der Waals surface area contributed by atoms with Crippen LogP contribution in [0.4, 0.5) is 5.82 Å². The van der Waals surface area contributed by atoms with Crippen LogP contribution >= 0.6 is 0 Å². The summed E-state index contributed by atoms with van der Waals surface area (Å²) in [7, 11) is 1.65. The van der Waals surface area contributed by atoms with Gasteiger partial charge < -0.3 is 9.67 Å². The third kappa shape index (κ3) is 2.87. The number of nitrogens with two attached hydrogens (primary N) is 1. The van der Waals surface area contributed by atoms with Gasteiger partial charge >= 0.3 is 5.97 Å². The van der Waals surface area contributed by atoms with Crippen molar-refractivity contribution in [3.8, 4) is 0 Å². The van der Waals surface area contributed by atoms with E-state index in [4.69, 9.17) is 10.9 Å². The fourth-order valence-corrected chi connectivity index (χ4v) is 2.10. The minimum Gasteiger partial charge on any atom is -0.477 e. The normalized spacial score (nSPS) is 10.8. The van der Waals surface area contributed by atoms with Gasteiger partial charge in [-0.2, -0.15) is 0 Å². The first-order valence-corrected chi connectivity index (χ1v) is 6.71. The van der Waals surface area contributed by atoms with Crippen LogP contribution in [-0.4, -0.2) is 27.7 Å². The van der Waals surface area contributed by atoms with Gasteiger partial charge in [-0.25, -0.2) is 15.6 Å². The maximum absolute atomic E-state index is 12.2. The summed E-state index contributed by atoms with van der Waals surface area (Å²) in [5.41, 5.74) is -0.313. The number of unbranched alkanes of at least 4 members (excludes halogenated alkanes) is 1. The Balaban J connectivity index is 2.75. The number of fused-ring (bicyclic) bond motifs is 1. The van der Waals surface area contributed by atoms with Crippen LogP contribution in [0.1, 0.15) is 30.1 Å². The van der Waals surface area contributed by atoms with Crippen LogP contribution in [0.15, 0.2) is 23.1 Å². The molecule has 7 nitrogen and oxygen atoms in total. The number of aromatic carboxylic acids is 1. The van der Waals surface area contributed by atoms with Gasteiger partial charge in [0.05, 0.1) is 5.39 Å². The smallest absolute Gasteiger partial charge is 0.341 e. The maximum atomic E-state index is 12.2. The molecule has 3 N–H and O–H groups in total. The van der Waals surface area contributed by atoms with Gasteiger partial charge in [0.25, 0.3) is 0 Å². The van der Waals surface area contributed by atoms with Gasteiger partial charge in [-0.05, 0) is 18.6 Å². The van der Waals surface area contributed by atoms with Crippen molar-refractivity contribution in [2.45, 2.75) is 26.3 Å². The number of carbonyl (C=O) groups is 1. The molecular formula is C14H18N4O3. The third-order valence-corrected chi connectivity index (χ3v) is 3.25. The number of rotatable bonds is 5. The first-order chi connectivity index (χ1) is 9.95. The predicted molar refractivity (Wildman–Crippen MR) is 80.5 cm³/mol. The number of pyridine rings is 2. The molecule has 0 unspecified atom stereocenters. The van der Waals surface area contributed by atoms with Gasteiger partial charge in [0.1, 0.15) is 17.0 Å². The number of hydrazine groups is 1. The number of nitrogens with zero attached hydrogens (tertiary/aromatic N) is 3. The summed E-state index contributed by atoms with van der Waals surface area (Å²) in [5.74, 6) is 4.94. The first-order valence-electron chi connectivity index (χ1n) is 6.71. The monoisotopic (exact) mass is 290 g/mol. The van der Waals surface area contributed by atoms with E-state index < -0.39 is 11.4 Å². The lowest BCUT2D eigenvalue weighted by Crippen LogP contribution is -2.27. The fraction of sp³-hybridized carbons (Fsp3) is 0.357. The van der Waals surface area contributed by atoms with E-state index in [9.17, 15) is 9.59 Å². The van der Waals surface area contributed by atoms with Crippen LogP contribution in [0.2, 0.25) is 0 Å². The van der Waals surface area contributed by atoms with Crippen molar-refractivity contribution < 1.29 is 9.90 Å². The quantitative estimate of drug-likeness (QED) is 0.634. The Bertz CT molecular complexity index is 737. The molecule has 0 radical (unpaired) electrons. The molecule has 0 atom stereocenters. The van der Waals surface area contributed by atoms with E-state index in [1.807, 2.05) is 6.92 Å². The van der Waals surface area contributed by atoms with Gasteiger partial charge in [-0.15, -0.1) is 0 Å². The van der Waals surface area contributed by atoms with Crippen molar-refractivity contribution in [3.05, 3.63) is 34.1 Å². The number of hydrogen-bond donors (Lipinski definition) is 2. The zero-order valence-corrected chi connectivity index (χ0v) is 12.0. The van der Waals surface area contributed by atoms with Crippen LogP contribution in [0.5, 0.6) is 0 Å². The van der Waals surface area contributed by atoms with E-state index in [-0.39, 0.29) is 10.9 Å². The van der Waals surface area contributed by atoms with Crippen molar-refractivity contribution in [2.75, 3.05) is 12.1 Å². The van der Waals surface area contributed by atoms with Crippen molar-refractivity contribution in [3.63, 3.8) is 0 Å². The number of aryl methyl sites for hydroxylation is 1. The minimum atomic E-state index is -1.23. The van der Waals surface area contributed by atoms with E-state index in [2.05, 4.69) is 4.98 Å². The molecule has 21 heavy (non-hydrogen) atoms. The van der Waals surface area contributed by atoms with Gasteiger partial charge in [-0.3, -0.25) is 9.80 Å². The Kier molecular flexibility index (Phi) is 4.23. The zero-order valence-electron chi connectivity index (χ0n) is 12.0. The molecule has 2 heterocycles. The molecule has 0 amide bonds.